The van der Waals surface area contributed by atoms with E-state index in [1.807, 2.05) is 6.07 Å². The van der Waals surface area contributed by atoms with Gasteiger partial charge < -0.3 is 10.3 Å². The molecule has 0 saturated heterocycles. The molecule has 0 aromatic carbocycles. The van der Waals surface area contributed by atoms with Gasteiger partial charge in [0, 0.05) is 24.4 Å². The highest BCUT2D eigenvalue weighted by atomic mass is 32.2. The van der Waals surface area contributed by atoms with E-state index in [1.165, 1.54) is 18.1 Å². The van der Waals surface area contributed by atoms with Crippen LogP contribution in [0.3, 0.4) is 0 Å². The fourth-order valence-electron chi connectivity index (χ4n) is 1.76. The Hall–Kier alpha value is -1.89. The van der Waals surface area contributed by atoms with Gasteiger partial charge >= 0.3 is 0 Å². The Morgan fingerprint density at radius 1 is 1.24 bits per heavy atom. The van der Waals surface area contributed by atoms with Crippen molar-refractivity contribution >= 4 is 17.6 Å². The van der Waals surface area contributed by atoms with Crippen molar-refractivity contribution < 1.29 is 0 Å². The highest BCUT2D eigenvalue weighted by Gasteiger charge is 2.05. The van der Waals surface area contributed by atoms with Crippen molar-refractivity contribution in [2.24, 2.45) is 0 Å². The number of hydrogen-bond acceptors (Lipinski definition) is 6. The molecule has 2 rings (SSSR count). The van der Waals surface area contributed by atoms with Gasteiger partial charge in [-0.15, -0.1) is 0 Å². The van der Waals surface area contributed by atoms with Crippen molar-refractivity contribution in [2.45, 2.75) is 43.3 Å². The summed E-state index contributed by atoms with van der Waals surface area (Å²) < 4.78 is 0. The van der Waals surface area contributed by atoms with Crippen LogP contribution in [-0.4, -0.2) is 26.5 Å². The predicted molar refractivity (Wildman–Crippen MR) is 83.8 cm³/mol. The third kappa shape index (κ3) is 4.86. The number of nitrogens with zero attached hydrogens (tertiary/aromatic N) is 3. The quantitative estimate of drug-likeness (QED) is 0.604. The lowest BCUT2D eigenvalue weighted by Crippen LogP contribution is -2.10. The normalized spacial score (nSPS) is 10.6. The molecule has 2 aromatic rings. The van der Waals surface area contributed by atoms with E-state index in [4.69, 9.17) is 0 Å². The van der Waals surface area contributed by atoms with E-state index in [0.29, 0.717) is 5.16 Å². The maximum absolute atomic E-state index is 11.6. The molecule has 2 heterocycles. The van der Waals surface area contributed by atoms with Gasteiger partial charge in [0.2, 0.25) is 0 Å². The molecule has 0 unspecified atom stereocenters. The van der Waals surface area contributed by atoms with Crippen LogP contribution in [0.4, 0.5) is 5.82 Å². The largest absolute Gasteiger partial charge is 0.370 e. The minimum atomic E-state index is -0.130. The summed E-state index contributed by atoms with van der Waals surface area (Å²) in [4.78, 5) is 27.2. The highest BCUT2D eigenvalue weighted by Crippen LogP contribution is 2.23. The SMILES string of the molecule is CCCNc1cc(Sc2nc(CCC)cc(=O)[nH]2)ncn1. The molecular formula is C14H19N5OS. The number of H-pyrrole nitrogens is 1. The van der Waals surface area contributed by atoms with E-state index in [9.17, 15) is 4.79 Å². The minimum Gasteiger partial charge on any atom is -0.370 e. The number of anilines is 1. The number of aromatic nitrogens is 4. The first-order valence-corrected chi connectivity index (χ1v) is 7.87. The molecule has 7 heteroatoms. The van der Waals surface area contributed by atoms with Gasteiger partial charge in [-0.1, -0.05) is 20.3 Å². The Balaban J connectivity index is 2.15. The smallest absolute Gasteiger partial charge is 0.251 e. The van der Waals surface area contributed by atoms with Gasteiger partial charge in [0.1, 0.15) is 17.2 Å². The van der Waals surface area contributed by atoms with E-state index in [1.54, 1.807) is 6.07 Å². The number of hydrogen-bond donors (Lipinski definition) is 2. The molecule has 0 bridgehead atoms. The number of nitrogens with one attached hydrogen (secondary N) is 2. The van der Waals surface area contributed by atoms with E-state index in [2.05, 4.69) is 39.1 Å². The van der Waals surface area contributed by atoms with Crippen LogP contribution in [0.25, 0.3) is 0 Å². The molecule has 2 aromatic heterocycles. The van der Waals surface area contributed by atoms with Crippen LogP contribution in [0.5, 0.6) is 0 Å². The van der Waals surface area contributed by atoms with Crippen LogP contribution in [0.2, 0.25) is 0 Å². The van der Waals surface area contributed by atoms with E-state index >= 15 is 0 Å². The van der Waals surface area contributed by atoms with Gasteiger partial charge in [0.25, 0.3) is 5.56 Å². The molecule has 0 saturated carbocycles. The lowest BCUT2D eigenvalue weighted by atomic mass is 10.2. The summed E-state index contributed by atoms with van der Waals surface area (Å²) in [6.07, 6.45) is 4.29. The molecule has 0 aliphatic heterocycles. The Bertz CT molecular complexity index is 643. The summed E-state index contributed by atoms with van der Waals surface area (Å²) in [6, 6.07) is 3.40. The third-order valence-electron chi connectivity index (χ3n) is 2.68. The van der Waals surface area contributed by atoms with Crippen LogP contribution in [0.1, 0.15) is 32.4 Å². The zero-order valence-corrected chi connectivity index (χ0v) is 13.0. The lowest BCUT2D eigenvalue weighted by Gasteiger charge is -2.05. The topological polar surface area (TPSA) is 83.6 Å². The summed E-state index contributed by atoms with van der Waals surface area (Å²) in [5.74, 6) is 0.779. The molecule has 0 aliphatic rings. The molecule has 6 nitrogen and oxygen atoms in total. The van der Waals surface area contributed by atoms with Crippen molar-refractivity contribution in [1.82, 2.24) is 19.9 Å². The van der Waals surface area contributed by atoms with Crippen molar-refractivity contribution in [1.29, 1.82) is 0 Å². The number of aromatic amines is 1. The lowest BCUT2D eigenvalue weighted by molar-refractivity contribution is 0.814. The van der Waals surface area contributed by atoms with Gasteiger partial charge in [-0.05, 0) is 24.6 Å². The highest BCUT2D eigenvalue weighted by molar-refractivity contribution is 7.99. The molecule has 112 valence electrons. The second-order valence-electron chi connectivity index (χ2n) is 4.56. The molecule has 0 amide bonds. The van der Waals surface area contributed by atoms with Crippen LogP contribution in [0.15, 0.2) is 33.4 Å². The minimum absolute atomic E-state index is 0.130. The van der Waals surface area contributed by atoms with Crippen LogP contribution in [-0.2, 0) is 6.42 Å². The van der Waals surface area contributed by atoms with Gasteiger partial charge in [-0.3, -0.25) is 4.79 Å². The van der Waals surface area contributed by atoms with Crippen LogP contribution in [0, 0.1) is 0 Å². The first-order chi connectivity index (χ1) is 10.2. The predicted octanol–water partition coefficient (Wildman–Crippen LogP) is 2.49. The first-order valence-electron chi connectivity index (χ1n) is 7.05. The van der Waals surface area contributed by atoms with Crippen molar-refractivity contribution in [3.05, 3.63) is 34.5 Å². The molecule has 0 radical (unpaired) electrons. The summed E-state index contributed by atoms with van der Waals surface area (Å²) >= 11 is 1.33. The zero-order valence-electron chi connectivity index (χ0n) is 12.2. The molecule has 2 N–H and O–H groups in total. The second-order valence-corrected chi connectivity index (χ2v) is 5.57. The third-order valence-corrected chi connectivity index (χ3v) is 3.50. The zero-order chi connectivity index (χ0) is 15.1. The van der Waals surface area contributed by atoms with Crippen molar-refractivity contribution in [2.75, 3.05) is 11.9 Å². The average Bonchev–Trinajstić information content (AvgIpc) is 2.45. The average molecular weight is 305 g/mol. The summed E-state index contributed by atoms with van der Waals surface area (Å²) in [5.41, 5.74) is 0.677. The van der Waals surface area contributed by atoms with Gasteiger partial charge in [0.05, 0.1) is 0 Å². The fourth-order valence-corrected chi connectivity index (χ4v) is 2.54. The van der Waals surface area contributed by atoms with Gasteiger partial charge in [-0.25, -0.2) is 15.0 Å². The standard InChI is InChI=1S/C14H19N5OS/c1-3-5-10-7-12(20)19-14(18-10)21-13-8-11(15-6-4-2)16-9-17-13/h7-9H,3-6H2,1-2H3,(H,15,16,17)(H,18,19,20). The summed E-state index contributed by atoms with van der Waals surface area (Å²) in [7, 11) is 0. The van der Waals surface area contributed by atoms with E-state index in [0.717, 1.165) is 42.3 Å². The van der Waals surface area contributed by atoms with Crippen molar-refractivity contribution in [3.8, 4) is 0 Å². The maximum atomic E-state index is 11.6. The summed E-state index contributed by atoms with van der Waals surface area (Å²) in [6.45, 7) is 5.02. The van der Waals surface area contributed by atoms with E-state index in [-0.39, 0.29) is 5.56 Å². The Labute approximate surface area is 127 Å². The first kappa shape index (κ1) is 15.5. The van der Waals surface area contributed by atoms with E-state index < -0.39 is 0 Å². The Morgan fingerprint density at radius 3 is 2.86 bits per heavy atom. The van der Waals surface area contributed by atoms with Crippen LogP contribution >= 0.6 is 11.8 Å². The summed E-state index contributed by atoms with van der Waals surface area (Å²) in [5, 5.41) is 4.52. The van der Waals surface area contributed by atoms with Gasteiger partial charge in [-0.2, -0.15) is 0 Å². The molecule has 21 heavy (non-hydrogen) atoms. The monoisotopic (exact) mass is 305 g/mol. The van der Waals surface area contributed by atoms with Gasteiger partial charge in [0.15, 0.2) is 5.16 Å². The molecular weight excluding hydrogens is 286 g/mol. The Kier molecular flexibility index (Phi) is 5.74. The molecule has 0 fully saturated rings. The second kappa shape index (κ2) is 7.78. The maximum Gasteiger partial charge on any atom is 0.251 e. The van der Waals surface area contributed by atoms with Crippen molar-refractivity contribution in [3.63, 3.8) is 0 Å². The number of aryl methyl sites for hydroxylation is 1. The Morgan fingerprint density at radius 2 is 2.10 bits per heavy atom. The fraction of sp³-hybridized carbons (Fsp3) is 0.429. The molecule has 0 spiro atoms. The van der Waals surface area contributed by atoms with Crippen LogP contribution < -0.4 is 10.9 Å². The number of rotatable bonds is 7. The molecule has 0 atom stereocenters. The molecule has 0 aliphatic carbocycles.